The molecule has 0 bridgehead atoms. The SMILES string of the molecule is CCCCCC=C(C=O)CCCC.CCCCCC=O. The maximum Gasteiger partial charge on any atom is 0.145 e. The van der Waals surface area contributed by atoms with Crippen molar-refractivity contribution in [3.05, 3.63) is 11.6 Å². The average Bonchev–Trinajstić information content (AvgIpc) is 2.48. The summed E-state index contributed by atoms with van der Waals surface area (Å²) in [7, 11) is 0. The van der Waals surface area contributed by atoms with Crippen molar-refractivity contribution in [1.29, 1.82) is 0 Å². The molecule has 0 radical (unpaired) electrons. The van der Waals surface area contributed by atoms with Crippen molar-refractivity contribution in [2.45, 2.75) is 91.4 Å². The molecule has 0 saturated heterocycles. The van der Waals surface area contributed by atoms with E-state index in [-0.39, 0.29) is 0 Å². The molecule has 2 heteroatoms. The van der Waals surface area contributed by atoms with Gasteiger partial charge in [0.1, 0.15) is 12.6 Å². The summed E-state index contributed by atoms with van der Waals surface area (Å²) in [6.07, 6.45) is 16.4. The lowest BCUT2D eigenvalue weighted by Gasteiger charge is -1.98. The zero-order valence-electron chi connectivity index (χ0n) is 13.8. The molecule has 0 fully saturated rings. The molecule has 0 N–H and O–H groups in total. The molecule has 0 aromatic carbocycles. The molecule has 20 heavy (non-hydrogen) atoms. The Morgan fingerprint density at radius 1 is 0.750 bits per heavy atom. The van der Waals surface area contributed by atoms with E-state index in [0.29, 0.717) is 0 Å². The molecule has 2 nitrogen and oxygen atoms in total. The van der Waals surface area contributed by atoms with Crippen LogP contribution in [-0.4, -0.2) is 12.6 Å². The molecule has 0 amide bonds. The molecule has 0 aliphatic heterocycles. The molecule has 0 rings (SSSR count). The molecule has 0 heterocycles. The summed E-state index contributed by atoms with van der Waals surface area (Å²) in [5.41, 5.74) is 0.998. The number of aldehydes is 2. The average molecular weight is 282 g/mol. The Morgan fingerprint density at radius 3 is 1.75 bits per heavy atom. The lowest BCUT2D eigenvalue weighted by atomic mass is 10.1. The van der Waals surface area contributed by atoms with Crippen LogP contribution >= 0.6 is 0 Å². The van der Waals surface area contributed by atoms with Gasteiger partial charge in [-0.1, -0.05) is 59.0 Å². The van der Waals surface area contributed by atoms with Crippen molar-refractivity contribution in [3.8, 4) is 0 Å². The fourth-order valence-corrected chi connectivity index (χ4v) is 1.75. The minimum atomic E-state index is 0.744. The smallest absolute Gasteiger partial charge is 0.145 e. The predicted octanol–water partition coefficient (Wildman–Crippen LogP) is 5.65. The lowest BCUT2D eigenvalue weighted by molar-refractivity contribution is -0.108. The molecule has 0 saturated carbocycles. The Morgan fingerprint density at radius 2 is 1.30 bits per heavy atom. The first-order valence-electron chi connectivity index (χ1n) is 8.34. The largest absolute Gasteiger partial charge is 0.303 e. The highest BCUT2D eigenvalue weighted by atomic mass is 16.1. The minimum Gasteiger partial charge on any atom is -0.303 e. The summed E-state index contributed by atoms with van der Waals surface area (Å²) in [4.78, 5) is 20.3. The summed E-state index contributed by atoms with van der Waals surface area (Å²) in [5.74, 6) is 0. The molecule has 0 unspecified atom stereocenters. The first-order chi connectivity index (χ1) is 9.76. The summed E-state index contributed by atoms with van der Waals surface area (Å²) in [5, 5.41) is 0. The van der Waals surface area contributed by atoms with E-state index in [1.807, 2.05) is 0 Å². The Balaban J connectivity index is 0. The Kier molecular flexibility index (Phi) is 21.8. The number of allylic oxidation sites excluding steroid dienone is 2. The number of rotatable bonds is 12. The highest BCUT2D eigenvalue weighted by molar-refractivity contribution is 5.72. The predicted molar refractivity (Wildman–Crippen MR) is 88.0 cm³/mol. The summed E-state index contributed by atoms with van der Waals surface area (Å²) < 4.78 is 0. The van der Waals surface area contributed by atoms with Gasteiger partial charge in [-0.3, -0.25) is 4.79 Å². The normalized spacial score (nSPS) is 10.7. The van der Waals surface area contributed by atoms with Crippen LogP contribution in [0.25, 0.3) is 0 Å². The summed E-state index contributed by atoms with van der Waals surface area (Å²) in [6.45, 7) is 6.48. The van der Waals surface area contributed by atoms with E-state index in [2.05, 4.69) is 26.8 Å². The third-order valence-electron chi connectivity index (χ3n) is 3.11. The topological polar surface area (TPSA) is 34.1 Å². The van der Waals surface area contributed by atoms with Crippen molar-refractivity contribution in [2.75, 3.05) is 0 Å². The molecule has 0 aliphatic rings. The highest BCUT2D eigenvalue weighted by Crippen LogP contribution is 2.08. The van der Waals surface area contributed by atoms with Crippen molar-refractivity contribution in [2.24, 2.45) is 0 Å². The van der Waals surface area contributed by atoms with Crippen molar-refractivity contribution >= 4 is 12.6 Å². The Labute approximate surface area is 126 Å². The zero-order valence-corrected chi connectivity index (χ0v) is 13.8. The maximum absolute atomic E-state index is 10.6. The van der Waals surface area contributed by atoms with E-state index < -0.39 is 0 Å². The molecule has 0 aliphatic carbocycles. The van der Waals surface area contributed by atoms with Crippen LogP contribution in [0.4, 0.5) is 0 Å². The van der Waals surface area contributed by atoms with Gasteiger partial charge in [0.05, 0.1) is 0 Å². The van der Waals surface area contributed by atoms with Crippen molar-refractivity contribution in [3.63, 3.8) is 0 Å². The molecular formula is C18H34O2. The number of hydrogen-bond donors (Lipinski definition) is 0. The first-order valence-corrected chi connectivity index (χ1v) is 8.34. The van der Waals surface area contributed by atoms with E-state index >= 15 is 0 Å². The molecule has 0 atom stereocenters. The molecule has 0 aromatic rings. The van der Waals surface area contributed by atoms with Crippen LogP contribution in [0.2, 0.25) is 0 Å². The van der Waals surface area contributed by atoms with E-state index in [1.54, 1.807) is 0 Å². The second kappa shape index (κ2) is 20.4. The van der Waals surface area contributed by atoms with E-state index in [1.165, 1.54) is 38.5 Å². The third kappa shape index (κ3) is 19.4. The van der Waals surface area contributed by atoms with Crippen LogP contribution in [0, 0.1) is 0 Å². The maximum atomic E-state index is 10.6. The van der Waals surface area contributed by atoms with Gasteiger partial charge in [-0.05, 0) is 37.7 Å². The standard InChI is InChI=1S/C12H22O.C6H12O/c1-3-5-7-8-10-12(11-13)9-6-4-2;1-2-3-4-5-6-7/h10-11H,3-9H2,1-2H3;6H,2-5H2,1H3. The van der Waals surface area contributed by atoms with E-state index in [0.717, 1.165) is 50.2 Å². The zero-order chi connectivity index (χ0) is 15.5. The Hall–Kier alpha value is -0.920. The Bertz CT molecular complexity index is 232. The van der Waals surface area contributed by atoms with Gasteiger partial charge in [0, 0.05) is 6.42 Å². The second-order valence-electron chi connectivity index (χ2n) is 5.16. The lowest BCUT2D eigenvalue weighted by Crippen LogP contribution is -1.85. The number of hydrogen-bond acceptors (Lipinski definition) is 2. The van der Waals surface area contributed by atoms with Crippen molar-refractivity contribution < 1.29 is 9.59 Å². The van der Waals surface area contributed by atoms with Gasteiger partial charge in [-0.15, -0.1) is 0 Å². The van der Waals surface area contributed by atoms with Gasteiger partial charge in [0.25, 0.3) is 0 Å². The van der Waals surface area contributed by atoms with Gasteiger partial charge in [-0.25, -0.2) is 0 Å². The molecular weight excluding hydrogens is 248 g/mol. The van der Waals surface area contributed by atoms with Crippen molar-refractivity contribution in [1.82, 2.24) is 0 Å². The highest BCUT2D eigenvalue weighted by Gasteiger charge is 1.93. The van der Waals surface area contributed by atoms with Gasteiger partial charge in [-0.2, -0.15) is 0 Å². The van der Waals surface area contributed by atoms with Gasteiger partial charge in [0.15, 0.2) is 0 Å². The van der Waals surface area contributed by atoms with Crippen LogP contribution in [0.3, 0.4) is 0 Å². The third-order valence-corrected chi connectivity index (χ3v) is 3.11. The summed E-state index contributed by atoms with van der Waals surface area (Å²) >= 11 is 0. The van der Waals surface area contributed by atoms with E-state index in [4.69, 9.17) is 0 Å². The van der Waals surface area contributed by atoms with Crippen LogP contribution in [-0.2, 0) is 9.59 Å². The second-order valence-corrected chi connectivity index (χ2v) is 5.16. The number of carbonyl (C=O) groups excluding carboxylic acids is 2. The number of unbranched alkanes of at least 4 members (excludes halogenated alkanes) is 7. The molecule has 0 aromatic heterocycles. The fourth-order valence-electron chi connectivity index (χ4n) is 1.75. The summed E-state index contributed by atoms with van der Waals surface area (Å²) in [6, 6.07) is 0. The van der Waals surface area contributed by atoms with Crippen LogP contribution in [0.5, 0.6) is 0 Å². The van der Waals surface area contributed by atoms with E-state index in [9.17, 15) is 9.59 Å². The van der Waals surface area contributed by atoms with Gasteiger partial charge >= 0.3 is 0 Å². The molecule has 118 valence electrons. The minimum absolute atomic E-state index is 0.744. The van der Waals surface area contributed by atoms with Gasteiger partial charge in [0.2, 0.25) is 0 Å². The van der Waals surface area contributed by atoms with Crippen LogP contribution < -0.4 is 0 Å². The number of carbonyl (C=O) groups is 2. The monoisotopic (exact) mass is 282 g/mol. The van der Waals surface area contributed by atoms with Gasteiger partial charge < -0.3 is 4.79 Å². The quantitative estimate of drug-likeness (QED) is 0.263. The first kappa shape index (κ1) is 21.4. The fraction of sp³-hybridized carbons (Fsp3) is 0.778. The van der Waals surface area contributed by atoms with Crippen LogP contribution in [0.1, 0.15) is 91.4 Å². The van der Waals surface area contributed by atoms with Crippen LogP contribution in [0.15, 0.2) is 11.6 Å². The molecule has 0 spiro atoms.